The van der Waals surface area contributed by atoms with Crippen molar-refractivity contribution in [2.24, 2.45) is 0 Å². The number of hydrogen-bond donors (Lipinski definition) is 1. The zero-order valence-corrected chi connectivity index (χ0v) is 27.4. The van der Waals surface area contributed by atoms with E-state index in [2.05, 4.69) is 93.6 Å². The van der Waals surface area contributed by atoms with E-state index in [9.17, 15) is 4.20 Å². The van der Waals surface area contributed by atoms with Crippen LogP contribution in [0.15, 0.2) is 87.5 Å². The lowest BCUT2D eigenvalue weighted by molar-refractivity contribution is -0.206. The van der Waals surface area contributed by atoms with Crippen molar-refractivity contribution < 1.29 is 18.5 Å². The molecule has 3 aromatic carbocycles. The fourth-order valence-electron chi connectivity index (χ4n) is 3.49. The van der Waals surface area contributed by atoms with Crippen molar-refractivity contribution in [2.75, 3.05) is 0 Å². The normalized spacial score (nSPS) is 26.0. The van der Waals surface area contributed by atoms with Crippen molar-refractivity contribution in [1.82, 2.24) is 0 Å². The van der Waals surface area contributed by atoms with Crippen molar-refractivity contribution in [3.05, 3.63) is 89.5 Å². The first kappa shape index (κ1) is 35.0. The van der Waals surface area contributed by atoms with Crippen LogP contribution in [-0.4, -0.2) is 37.2 Å². The zero-order valence-electron chi connectivity index (χ0n) is 21.2. The summed E-state index contributed by atoms with van der Waals surface area (Å²) in [5.41, 5.74) is 3.92. The summed E-state index contributed by atoms with van der Waals surface area (Å²) < 4.78 is 18.8. The topological polar surface area (TPSA) is 60.4 Å². The van der Waals surface area contributed by atoms with Crippen molar-refractivity contribution in [1.29, 1.82) is 0 Å². The van der Waals surface area contributed by atoms with Crippen molar-refractivity contribution in [2.45, 2.75) is 67.7 Å². The fraction of sp³-hybridized carbons (Fsp3) is 0.333. The Bertz CT molecular complexity index is 1040. The minimum absolute atomic E-state index is 0.0394. The maximum absolute atomic E-state index is 10.2. The summed E-state index contributed by atoms with van der Waals surface area (Å²) in [4.78, 5) is 19.5. The summed E-state index contributed by atoms with van der Waals surface area (Å²) >= 11 is 35.3. The smallest absolute Gasteiger partial charge is 0.305 e. The molecular formula is C27H28Cl6FO3PS. The van der Waals surface area contributed by atoms with Gasteiger partial charge < -0.3 is 9.79 Å². The maximum atomic E-state index is 10.2. The molecule has 4 rings (SSSR count). The van der Waals surface area contributed by atoms with E-state index in [1.165, 1.54) is 31.4 Å². The number of alkyl halides is 6. The molecule has 3 nitrogen and oxygen atoms in total. The highest BCUT2D eigenvalue weighted by Crippen LogP contribution is 2.40. The number of hydrogen-bond acceptors (Lipinski definition) is 2. The van der Waals surface area contributed by atoms with Gasteiger partial charge in [0.05, 0.1) is 43.2 Å². The summed E-state index contributed by atoms with van der Waals surface area (Å²) in [5, 5.41) is -2.62. The molecule has 214 valence electrons. The molecule has 39 heavy (non-hydrogen) atoms. The third-order valence-electron chi connectivity index (χ3n) is 5.60. The van der Waals surface area contributed by atoms with Crippen LogP contribution < -0.4 is 4.89 Å². The molecule has 1 aliphatic rings. The Hall–Kier alpha value is -0.170. The van der Waals surface area contributed by atoms with Crippen LogP contribution in [0.4, 0.5) is 4.20 Å². The number of aryl methyl sites for hydroxylation is 3. The highest BCUT2D eigenvalue weighted by atomic mass is 35.5. The summed E-state index contributed by atoms with van der Waals surface area (Å²) in [6.07, 6.45) is 0. The van der Waals surface area contributed by atoms with Gasteiger partial charge in [0.25, 0.3) is 0 Å². The second-order valence-electron chi connectivity index (χ2n) is 8.86. The molecule has 0 bridgehead atoms. The van der Waals surface area contributed by atoms with Crippen molar-refractivity contribution >= 4 is 88.4 Å². The fourth-order valence-corrected chi connectivity index (χ4v) is 7.85. The van der Waals surface area contributed by atoms with Crippen LogP contribution >= 0.6 is 77.5 Å². The highest BCUT2D eigenvalue weighted by molar-refractivity contribution is 7.97. The van der Waals surface area contributed by atoms with Crippen LogP contribution in [0.3, 0.4) is 0 Å². The first-order valence-corrected chi connectivity index (χ1v) is 16.9. The Kier molecular flexibility index (Phi) is 14.3. The van der Waals surface area contributed by atoms with Gasteiger partial charge in [-0.25, -0.2) is 0 Å². The van der Waals surface area contributed by atoms with E-state index in [4.69, 9.17) is 84.0 Å². The molecule has 3 aromatic rings. The molecule has 1 unspecified atom stereocenters. The number of benzene rings is 3. The third-order valence-corrected chi connectivity index (χ3v) is 11.9. The van der Waals surface area contributed by atoms with Gasteiger partial charge in [0.2, 0.25) is 0 Å². The molecule has 0 radical (unpaired) electrons. The molecule has 0 spiro atoms. The first-order chi connectivity index (χ1) is 18.1. The molecule has 1 aliphatic carbocycles. The van der Waals surface area contributed by atoms with E-state index in [-0.39, 0.29) is 10.9 Å². The highest BCUT2D eigenvalue weighted by Gasteiger charge is 2.46. The van der Waals surface area contributed by atoms with Gasteiger partial charge in [0, 0.05) is 0 Å². The Labute approximate surface area is 262 Å². The van der Waals surface area contributed by atoms with Crippen LogP contribution in [0.1, 0.15) is 16.7 Å². The Morgan fingerprint density at radius 1 is 0.590 bits per heavy atom. The van der Waals surface area contributed by atoms with Crippen LogP contribution in [0.25, 0.3) is 0 Å². The largest absolute Gasteiger partial charge is 0.753 e. The lowest BCUT2D eigenvalue weighted by Crippen LogP contribution is -2.52. The summed E-state index contributed by atoms with van der Waals surface area (Å²) in [6.45, 7) is 6.42. The average Bonchev–Trinajstić information content (AvgIpc) is 2.88. The maximum Gasteiger partial charge on any atom is 0.305 e. The Morgan fingerprint density at radius 2 is 0.744 bits per heavy atom. The molecule has 1 saturated carbocycles. The minimum atomic E-state index is -5.39. The van der Waals surface area contributed by atoms with E-state index in [1.807, 2.05) is 0 Å². The molecule has 1 N–H and O–H groups in total. The van der Waals surface area contributed by atoms with Gasteiger partial charge in [-0.05, 0) is 57.2 Å². The molecule has 0 amide bonds. The predicted molar refractivity (Wildman–Crippen MR) is 164 cm³/mol. The Morgan fingerprint density at radius 3 is 0.897 bits per heavy atom. The average molecular weight is 695 g/mol. The lowest BCUT2D eigenvalue weighted by Gasteiger charge is -2.37. The van der Waals surface area contributed by atoms with Gasteiger partial charge in [-0.15, -0.1) is 69.6 Å². The first-order valence-electron chi connectivity index (χ1n) is 11.6. The van der Waals surface area contributed by atoms with Crippen LogP contribution in [0.5, 0.6) is 0 Å². The predicted octanol–water partition coefficient (Wildman–Crippen LogP) is 8.77. The van der Waals surface area contributed by atoms with Crippen molar-refractivity contribution in [3.8, 4) is 0 Å². The SMILES string of the molecule is Cc1ccc([S+](c2ccc(C)cc2)c2ccc(C)cc2)cc1.Cl[C@H]1[C@H](Cl)[C@@H](Cl)[C@@H](Cl)[C@H](Cl)[C@H]1Cl.O=P([O-])(O)F. The molecule has 0 heterocycles. The van der Waals surface area contributed by atoms with Crippen LogP contribution in [-0.2, 0) is 15.5 Å². The van der Waals surface area contributed by atoms with Gasteiger partial charge in [-0.3, -0.25) is 4.57 Å². The standard InChI is InChI=1S/C21H21S.C6H6Cl6.FH2O3P/c1-16-4-10-19(11-5-16)22(20-12-6-17(2)7-13-20)21-14-8-18(3)9-15-21;7-1-2(8)4(10)6(12)5(11)3(1)9;1-5(2,3)4/h4-15H,1-3H3;1-6H;(H2,2,3,4)/q+1;;/p-1/t;1-,2-,3-,4+,5+,6+;. The van der Waals surface area contributed by atoms with E-state index >= 15 is 0 Å². The second kappa shape index (κ2) is 15.9. The lowest BCUT2D eigenvalue weighted by atomic mass is 9.97. The van der Waals surface area contributed by atoms with E-state index in [1.54, 1.807) is 0 Å². The van der Waals surface area contributed by atoms with Crippen LogP contribution in [0.2, 0.25) is 0 Å². The number of halogens is 7. The molecule has 12 heteroatoms. The minimum Gasteiger partial charge on any atom is -0.753 e. The molecular weight excluding hydrogens is 667 g/mol. The summed E-state index contributed by atoms with van der Waals surface area (Å²) in [5.74, 6) is 0. The third kappa shape index (κ3) is 11.2. The quantitative estimate of drug-likeness (QED) is 0.169. The Balaban J connectivity index is 0.000000263. The van der Waals surface area contributed by atoms with Gasteiger partial charge in [0.1, 0.15) is 0 Å². The van der Waals surface area contributed by atoms with Crippen molar-refractivity contribution in [3.63, 3.8) is 0 Å². The van der Waals surface area contributed by atoms with Gasteiger partial charge >= 0.3 is 7.91 Å². The van der Waals surface area contributed by atoms with E-state index in [0.29, 0.717) is 0 Å². The van der Waals surface area contributed by atoms with Gasteiger partial charge in [-0.2, -0.15) is 4.20 Å². The summed E-state index contributed by atoms with van der Waals surface area (Å²) in [7, 11) is -5.43. The monoisotopic (exact) mass is 692 g/mol. The molecule has 0 aliphatic heterocycles. The van der Waals surface area contributed by atoms with Gasteiger partial charge in [-0.1, -0.05) is 53.1 Å². The van der Waals surface area contributed by atoms with Crippen LogP contribution in [0, 0.1) is 20.8 Å². The molecule has 1 atom stereocenters. The number of rotatable bonds is 3. The molecule has 1 fully saturated rings. The van der Waals surface area contributed by atoms with Gasteiger partial charge in [0.15, 0.2) is 14.7 Å². The van der Waals surface area contributed by atoms with E-state index < -0.39 is 40.2 Å². The second-order valence-corrected chi connectivity index (χ2v) is 14.8. The van der Waals surface area contributed by atoms with E-state index in [0.717, 1.165) is 0 Å². The summed E-state index contributed by atoms with van der Waals surface area (Å²) in [6, 6.07) is 26.8. The zero-order chi connectivity index (χ0) is 29.5. The molecule has 0 aromatic heterocycles. The molecule has 0 saturated heterocycles.